The highest BCUT2D eigenvalue weighted by atomic mass is 35.5. The lowest BCUT2D eigenvalue weighted by Gasteiger charge is -2.25. The summed E-state index contributed by atoms with van der Waals surface area (Å²) < 4.78 is 2.04. The smallest absolute Gasteiger partial charge is 0.245 e. The number of aromatic nitrogens is 2. The van der Waals surface area contributed by atoms with Crippen molar-refractivity contribution in [1.82, 2.24) is 14.5 Å². The molecule has 3 rings (SSSR count). The molecule has 1 atom stereocenters. The van der Waals surface area contributed by atoms with Gasteiger partial charge in [-0.3, -0.25) is 4.79 Å². The zero-order chi connectivity index (χ0) is 20.3. The van der Waals surface area contributed by atoms with E-state index < -0.39 is 0 Å². The minimum Gasteiger partial charge on any atom is -0.344 e. The molecule has 0 N–H and O–H groups in total. The number of carbonyl (C=O) groups is 1. The second-order valence-corrected chi connectivity index (χ2v) is 7.81. The van der Waals surface area contributed by atoms with E-state index in [-0.39, 0.29) is 11.9 Å². The van der Waals surface area contributed by atoms with Crippen LogP contribution in [-0.2, 0) is 11.2 Å². The molecule has 3 aromatic rings. The lowest BCUT2D eigenvalue weighted by Crippen LogP contribution is -2.35. The highest BCUT2D eigenvalue weighted by Crippen LogP contribution is 2.32. The van der Waals surface area contributed by atoms with Crippen LogP contribution in [0.5, 0.6) is 0 Å². The van der Waals surface area contributed by atoms with Crippen LogP contribution in [0.3, 0.4) is 0 Å². The van der Waals surface area contributed by atoms with Gasteiger partial charge in [0.15, 0.2) is 0 Å². The monoisotopic (exact) mass is 417 g/mol. The fraction of sp³-hybridized carbons (Fsp3) is 0.364. The van der Waals surface area contributed by atoms with Crippen molar-refractivity contribution in [1.29, 1.82) is 0 Å². The number of hydrogen-bond acceptors (Lipinski definition) is 2. The van der Waals surface area contributed by atoms with Crippen molar-refractivity contribution >= 4 is 40.1 Å². The van der Waals surface area contributed by atoms with E-state index in [0.717, 1.165) is 35.4 Å². The highest BCUT2D eigenvalue weighted by Gasteiger charge is 2.27. The van der Waals surface area contributed by atoms with Gasteiger partial charge in [0.05, 0.1) is 21.1 Å². The summed E-state index contributed by atoms with van der Waals surface area (Å²) in [7, 11) is 1.86. The molecule has 0 bridgehead atoms. The third kappa shape index (κ3) is 4.18. The predicted octanol–water partition coefficient (Wildman–Crippen LogP) is 5.75. The summed E-state index contributed by atoms with van der Waals surface area (Å²) in [5.74, 6) is 0.925. The van der Waals surface area contributed by atoms with Crippen LogP contribution in [0.15, 0.2) is 42.5 Å². The van der Waals surface area contributed by atoms with E-state index >= 15 is 0 Å². The van der Waals surface area contributed by atoms with Crippen LogP contribution in [0.2, 0.25) is 10.0 Å². The number of benzene rings is 2. The van der Waals surface area contributed by atoms with Gasteiger partial charge in [-0.1, -0.05) is 67.4 Å². The van der Waals surface area contributed by atoms with Gasteiger partial charge in [0, 0.05) is 20.0 Å². The Morgan fingerprint density at radius 2 is 1.82 bits per heavy atom. The third-order valence-electron chi connectivity index (χ3n) is 4.93. The molecule has 1 heterocycles. The number of imidazole rings is 1. The molecular formula is C22H25Cl2N3O. The number of amides is 1. The van der Waals surface area contributed by atoms with Crippen molar-refractivity contribution in [3.63, 3.8) is 0 Å². The van der Waals surface area contributed by atoms with Crippen LogP contribution in [-0.4, -0.2) is 34.0 Å². The SMILES string of the molecule is CCCN(C)C(=O)[C@@H](CC)n1c(Cc2ccccc2)nc2cc(Cl)c(Cl)cc21. The van der Waals surface area contributed by atoms with Gasteiger partial charge < -0.3 is 9.47 Å². The standard InChI is InChI=1S/C22H25Cl2N3O/c1-4-11-26(3)22(28)19(5-2)27-20-14-17(24)16(23)13-18(20)25-21(27)12-15-9-7-6-8-10-15/h6-10,13-14,19H,4-5,11-12H2,1-3H3/t19-/m1/s1. The largest absolute Gasteiger partial charge is 0.344 e. The first kappa shape index (κ1) is 20.7. The third-order valence-corrected chi connectivity index (χ3v) is 5.65. The first-order valence-corrected chi connectivity index (χ1v) is 10.4. The van der Waals surface area contributed by atoms with Crippen molar-refractivity contribution in [3.8, 4) is 0 Å². The van der Waals surface area contributed by atoms with Gasteiger partial charge in [-0.15, -0.1) is 0 Å². The number of likely N-dealkylation sites (N-methyl/N-ethyl adjacent to an activating group) is 1. The average Bonchev–Trinajstić information content (AvgIpc) is 3.00. The van der Waals surface area contributed by atoms with E-state index in [1.807, 2.05) is 42.8 Å². The molecule has 0 aliphatic rings. The van der Waals surface area contributed by atoms with Crippen LogP contribution >= 0.6 is 23.2 Å². The number of carbonyl (C=O) groups excluding carboxylic acids is 1. The topological polar surface area (TPSA) is 38.1 Å². The molecule has 0 saturated heterocycles. The summed E-state index contributed by atoms with van der Waals surface area (Å²) in [6, 6.07) is 13.4. The number of fused-ring (bicyclic) bond motifs is 1. The Morgan fingerprint density at radius 1 is 1.14 bits per heavy atom. The highest BCUT2D eigenvalue weighted by molar-refractivity contribution is 6.42. The molecule has 0 radical (unpaired) electrons. The molecule has 2 aromatic carbocycles. The second-order valence-electron chi connectivity index (χ2n) is 7.00. The van der Waals surface area contributed by atoms with Crippen molar-refractivity contribution < 1.29 is 4.79 Å². The molecule has 0 aliphatic carbocycles. The molecule has 0 aliphatic heterocycles. The summed E-state index contributed by atoms with van der Waals surface area (Å²) in [4.78, 5) is 19.8. The lowest BCUT2D eigenvalue weighted by molar-refractivity contribution is -0.133. The van der Waals surface area contributed by atoms with Crippen LogP contribution < -0.4 is 0 Å². The Bertz CT molecular complexity index is 969. The van der Waals surface area contributed by atoms with Crippen LogP contribution in [0.1, 0.15) is 44.1 Å². The molecule has 6 heteroatoms. The number of halogens is 2. The maximum Gasteiger partial charge on any atom is 0.245 e. The zero-order valence-electron chi connectivity index (χ0n) is 16.5. The van der Waals surface area contributed by atoms with E-state index in [9.17, 15) is 4.79 Å². The Morgan fingerprint density at radius 3 is 2.46 bits per heavy atom. The first-order chi connectivity index (χ1) is 13.5. The number of nitrogens with zero attached hydrogens (tertiary/aromatic N) is 3. The Kier molecular flexibility index (Phi) is 6.63. The summed E-state index contributed by atoms with van der Waals surface area (Å²) >= 11 is 12.5. The fourth-order valence-corrected chi connectivity index (χ4v) is 3.87. The predicted molar refractivity (Wildman–Crippen MR) is 116 cm³/mol. The van der Waals surface area contributed by atoms with E-state index in [1.54, 1.807) is 11.0 Å². The molecule has 1 amide bonds. The summed E-state index contributed by atoms with van der Waals surface area (Å²) in [6.07, 6.45) is 2.22. The molecule has 1 aromatic heterocycles. The van der Waals surface area contributed by atoms with Crippen molar-refractivity contribution in [3.05, 3.63) is 63.9 Å². The summed E-state index contributed by atoms with van der Waals surface area (Å²) in [5, 5.41) is 0.929. The maximum absolute atomic E-state index is 13.2. The van der Waals surface area contributed by atoms with Gasteiger partial charge in [-0.2, -0.15) is 0 Å². The summed E-state index contributed by atoms with van der Waals surface area (Å²) in [6.45, 7) is 4.82. The molecule has 28 heavy (non-hydrogen) atoms. The van der Waals surface area contributed by atoms with Gasteiger partial charge in [0.1, 0.15) is 11.9 Å². The molecule has 0 unspecified atom stereocenters. The van der Waals surface area contributed by atoms with E-state index in [2.05, 4.69) is 19.1 Å². The fourth-order valence-electron chi connectivity index (χ4n) is 3.56. The van der Waals surface area contributed by atoms with Crippen molar-refractivity contribution in [2.24, 2.45) is 0 Å². The molecule has 0 spiro atoms. The Labute approximate surface area is 176 Å². The van der Waals surface area contributed by atoms with Gasteiger partial charge in [0.25, 0.3) is 0 Å². The average molecular weight is 418 g/mol. The first-order valence-electron chi connectivity index (χ1n) is 9.61. The Balaban J connectivity index is 2.15. The molecule has 0 fully saturated rings. The lowest BCUT2D eigenvalue weighted by atomic mass is 10.1. The molecule has 4 nitrogen and oxygen atoms in total. The summed E-state index contributed by atoms with van der Waals surface area (Å²) in [5.41, 5.74) is 2.73. The van der Waals surface area contributed by atoms with Gasteiger partial charge in [-0.25, -0.2) is 4.98 Å². The maximum atomic E-state index is 13.2. The number of hydrogen-bond donors (Lipinski definition) is 0. The van der Waals surface area contributed by atoms with E-state index in [0.29, 0.717) is 22.9 Å². The van der Waals surface area contributed by atoms with Crippen LogP contribution in [0.4, 0.5) is 0 Å². The van der Waals surface area contributed by atoms with E-state index in [4.69, 9.17) is 28.2 Å². The zero-order valence-corrected chi connectivity index (χ0v) is 18.0. The Hall–Kier alpha value is -2.04. The van der Waals surface area contributed by atoms with Gasteiger partial charge in [-0.05, 0) is 30.5 Å². The molecular weight excluding hydrogens is 393 g/mol. The molecule has 148 valence electrons. The van der Waals surface area contributed by atoms with Crippen molar-refractivity contribution in [2.75, 3.05) is 13.6 Å². The minimum absolute atomic E-state index is 0.0871. The number of rotatable bonds is 7. The van der Waals surface area contributed by atoms with E-state index in [1.165, 1.54) is 0 Å². The van der Waals surface area contributed by atoms with Crippen molar-refractivity contribution in [2.45, 2.75) is 39.2 Å². The quantitative estimate of drug-likeness (QED) is 0.490. The van der Waals surface area contributed by atoms with Gasteiger partial charge in [0.2, 0.25) is 5.91 Å². The van der Waals surface area contributed by atoms with Crippen LogP contribution in [0, 0.1) is 0 Å². The second kappa shape index (κ2) is 8.97. The van der Waals surface area contributed by atoms with Gasteiger partial charge >= 0.3 is 0 Å². The van der Waals surface area contributed by atoms with Crippen LogP contribution in [0.25, 0.3) is 11.0 Å². The normalized spacial score (nSPS) is 12.3. The molecule has 0 saturated carbocycles. The minimum atomic E-state index is -0.336.